The predicted molar refractivity (Wildman–Crippen MR) is 49.7 cm³/mol. The van der Waals surface area contributed by atoms with Gasteiger partial charge in [0.15, 0.2) is 6.29 Å². The fourth-order valence-corrected chi connectivity index (χ4v) is 1.72. The van der Waals surface area contributed by atoms with Gasteiger partial charge in [-0.05, 0) is 19.3 Å². The number of carbonyl (C=O) groups is 1. The average molecular weight is 178 g/mol. The minimum absolute atomic E-state index is 0.412. The van der Waals surface area contributed by atoms with Crippen molar-refractivity contribution in [2.75, 3.05) is 0 Å². The van der Waals surface area contributed by atoms with E-state index in [4.69, 9.17) is 0 Å². The molecule has 0 amide bonds. The normalized spacial score (nSPS) is 18.5. The van der Waals surface area contributed by atoms with E-state index in [1.165, 1.54) is 19.3 Å². The SMILES string of the molecule is CC(CC1CC1)n1cncc1C=O. The van der Waals surface area contributed by atoms with Gasteiger partial charge in [-0.3, -0.25) is 4.79 Å². The largest absolute Gasteiger partial charge is 0.326 e. The van der Waals surface area contributed by atoms with Crippen LogP contribution < -0.4 is 0 Å². The fourth-order valence-electron chi connectivity index (χ4n) is 1.72. The molecule has 1 heterocycles. The molecular weight excluding hydrogens is 164 g/mol. The molecule has 1 atom stereocenters. The Kier molecular flexibility index (Phi) is 2.17. The maximum Gasteiger partial charge on any atom is 0.168 e. The van der Waals surface area contributed by atoms with Crippen molar-refractivity contribution in [3.05, 3.63) is 18.2 Å². The Labute approximate surface area is 77.8 Å². The summed E-state index contributed by atoms with van der Waals surface area (Å²) in [4.78, 5) is 14.6. The highest BCUT2D eigenvalue weighted by Crippen LogP contribution is 2.36. The van der Waals surface area contributed by atoms with Crippen LogP contribution in [-0.4, -0.2) is 15.8 Å². The average Bonchev–Trinajstić information content (AvgIpc) is 2.82. The first-order chi connectivity index (χ1) is 6.31. The van der Waals surface area contributed by atoms with Crippen LogP contribution in [0.5, 0.6) is 0 Å². The summed E-state index contributed by atoms with van der Waals surface area (Å²) >= 11 is 0. The molecule has 1 aliphatic carbocycles. The van der Waals surface area contributed by atoms with Gasteiger partial charge in [-0.2, -0.15) is 0 Å². The highest BCUT2D eigenvalue weighted by atomic mass is 16.1. The second-order valence-electron chi connectivity index (χ2n) is 3.87. The third kappa shape index (κ3) is 1.79. The van der Waals surface area contributed by atoms with Crippen LogP contribution in [0, 0.1) is 5.92 Å². The summed E-state index contributed by atoms with van der Waals surface area (Å²) in [6, 6.07) is 0.412. The lowest BCUT2D eigenvalue weighted by atomic mass is 10.1. The van der Waals surface area contributed by atoms with E-state index >= 15 is 0 Å². The molecule has 0 spiro atoms. The Morgan fingerprint density at radius 1 is 1.77 bits per heavy atom. The van der Waals surface area contributed by atoms with Gasteiger partial charge in [0, 0.05) is 6.04 Å². The zero-order chi connectivity index (χ0) is 9.26. The van der Waals surface area contributed by atoms with E-state index in [1.807, 2.05) is 4.57 Å². The smallest absolute Gasteiger partial charge is 0.168 e. The lowest BCUT2D eigenvalue weighted by Gasteiger charge is -2.13. The summed E-state index contributed by atoms with van der Waals surface area (Å²) in [5.41, 5.74) is 0.688. The topological polar surface area (TPSA) is 34.9 Å². The number of hydrogen-bond donors (Lipinski definition) is 0. The quantitative estimate of drug-likeness (QED) is 0.661. The van der Waals surface area contributed by atoms with E-state index in [0.717, 1.165) is 12.2 Å². The van der Waals surface area contributed by atoms with Crippen LogP contribution in [0.1, 0.15) is 42.7 Å². The molecule has 1 saturated carbocycles. The van der Waals surface area contributed by atoms with Crippen molar-refractivity contribution < 1.29 is 4.79 Å². The maximum absolute atomic E-state index is 10.6. The van der Waals surface area contributed by atoms with Gasteiger partial charge in [-0.25, -0.2) is 4.98 Å². The van der Waals surface area contributed by atoms with Gasteiger partial charge in [0.2, 0.25) is 0 Å². The van der Waals surface area contributed by atoms with Crippen molar-refractivity contribution in [3.8, 4) is 0 Å². The third-order valence-electron chi connectivity index (χ3n) is 2.66. The molecule has 70 valence electrons. The van der Waals surface area contributed by atoms with E-state index in [-0.39, 0.29) is 0 Å². The van der Waals surface area contributed by atoms with Crippen LogP contribution in [0.4, 0.5) is 0 Å². The Balaban J connectivity index is 2.08. The summed E-state index contributed by atoms with van der Waals surface area (Å²) in [6.07, 6.45) is 8.13. The van der Waals surface area contributed by atoms with Crippen molar-refractivity contribution >= 4 is 6.29 Å². The van der Waals surface area contributed by atoms with Gasteiger partial charge in [0.25, 0.3) is 0 Å². The molecule has 0 bridgehead atoms. The monoisotopic (exact) mass is 178 g/mol. The highest BCUT2D eigenvalue weighted by Gasteiger charge is 2.24. The molecule has 2 rings (SSSR count). The zero-order valence-corrected chi connectivity index (χ0v) is 7.81. The fraction of sp³-hybridized carbons (Fsp3) is 0.600. The van der Waals surface area contributed by atoms with Crippen LogP contribution in [0.15, 0.2) is 12.5 Å². The van der Waals surface area contributed by atoms with Crippen LogP contribution >= 0.6 is 0 Å². The minimum Gasteiger partial charge on any atom is -0.326 e. The standard InChI is InChI=1S/C10H14N2O/c1-8(4-9-2-3-9)12-7-11-5-10(12)6-13/h5-9H,2-4H2,1H3. The number of imidazole rings is 1. The zero-order valence-electron chi connectivity index (χ0n) is 7.81. The van der Waals surface area contributed by atoms with Crippen LogP contribution in [0.2, 0.25) is 0 Å². The molecule has 0 aromatic carbocycles. The second kappa shape index (κ2) is 3.32. The molecule has 1 aromatic heterocycles. The van der Waals surface area contributed by atoms with Gasteiger partial charge < -0.3 is 4.57 Å². The van der Waals surface area contributed by atoms with Gasteiger partial charge in [0.1, 0.15) is 5.69 Å². The third-order valence-corrected chi connectivity index (χ3v) is 2.66. The number of nitrogens with zero attached hydrogens (tertiary/aromatic N) is 2. The number of rotatable bonds is 4. The number of carbonyl (C=O) groups excluding carboxylic acids is 1. The molecule has 13 heavy (non-hydrogen) atoms. The first-order valence-corrected chi connectivity index (χ1v) is 4.78. The van der Waals surface area contributed by atoms with Crippen molar-refractivity contribution in [2.24, 2.45) is 5.92 Å². The minimum atomic E-state index is 0.412. The maximum atomic E-state index is 10.6. The lowest BCUT2D eigenvalue weighted by molar-refractivity contribution is 0.111. The number of aldehydes is 1. The van der Waals surface area contributed by atoms with Crippen molar-refractivity contribution in [2.45, 2.75) is 32.2 Å². The van der Waals surface area contributed by atoms with Crippen molar-refractivity contribution in [1.82, 2.24) is 9.55 Å². The molecule has 0 N–H and O–H groups in total. The van der Waals surface area contributed by atoms with E-state index in [0.29, 0.717) is 11.7 Å². The first kappa shape index (κ1) is 8.48. The van der Waals surface area contributed by atoms with Gasteiger partial charge >= 0.3 is 0 Å². The van der Waals surface area contributed by atoms with E-state index in [2.05, 4.69) is 11.9 Å². The molecule has 0 radical (unpaired) electrons. The van der Waals surface area contributed by atoms with Crippen LogP contribution in [0.3, 0.4) is 0 Å². The molecule has 0 aliphatic heterocycles. The molecule has 0 saturated heterocycles. The Bertz CT molecular complexity index is 302. The number of hydrogen-bond acceptors (Lipinski definition) is 2. The molecule has 3 nitrogen and oxygen atoms in total. The van der Waals surface area contributed by atoms with Crippen molar-refractivity contribution in [3.63, 3.8) is 0 Å². The van der Waals surface area contributed by atoms with Gasteiger partial charge in [-0.15, -0.1) is 0 Å². The molecule has 1 unspecified atom stereocenters. The lowest BCUT2D eigenvalue weighted by Crippen LogP contribution is -2.07. The van der Waals surface area contributed by atoms with E-state index in [1.54, 1.807) is 12.5 Å². The predicted octanol–water partition coefficient (Wildman–Crippen LogP) is 2.06. The first-order valence-electron chi connectivity index (χ1n) is 4.78. The molecule has 1 aliphatic rings. The Hall–Kier alpha value is -1.12. The summed E-state index contributed by atoms with van der Waals surface area (Å²) < 4.78 is 1.96. The summed E-state index contributed by atoms with van der Waals surface area (Å²) in [7, 11) is 0. The molecule has 1 fully saturated rings. The highest BCUT2D eigenvalue weighted by molar-refractivity contribution is 5.71. The summed E-state index contributed by atoms with van der Waals surface area (Å²) in [5, 5.41) is 0. The van der Waals surface area contributed by atoms with Crippen molar-refractivity contribution in [1.29, 1.82) is 0 Å². The summed E-state index contributed by atoms with van der Waals surface area (Å²) in [6.45, 7) is 2.15. The molecule has 3 heteroatoms. The number of aromatic nitrogens is 2. The summed E-state index contributed by atoms with van der Waals surface area (Å²) in [5.74, 6) is 0.886. The van der Waals surface area contributed by atoms with Crippen LogP contribution in [0.25, 0.3) is 0 Å². The molecule has 1 aromatic rings. The van der Waals surface area contributed by atoms with E-state index < -0.39 is 0 Å². The Morgan fingerprint density at radius 2 is 2.54 bits per heavy atom. The van der Waals surface area contributed by atoms with E-state index in [9.17, 15) is 4.79 Å². The van der Waals surface area contributed by atoms with Crippen LogP contribution in [-0.2, 0) is 0 Å². The van der Waals surface area contributed by atoms with Gasteiger partial charge in [-0.1, -0.05) is 12.8 Å². The Morgan fingerprint density at radius 3 is 3.15 bits per heavy atom. The second-order valence-corrected chi connectivity index (χ2v) is 3.87. The molecular formula is C10H14N2O. The van der Waals surface area contributed by atoms with Gasteiger partial charge in [0.05, 0.1) is 12.5 Å².